The molecular weight excluding hydrogens is 382 g/mol. The molecule has 0 unspecified atom stereocenters. The van der Waals surface area contributed by atoms with Crippen molar-refractivity contribution in [2.45, 2.75) is 0 Å². The minimum Gasteiger partial charge on any atom is -0.493 e. The number of aromatic nitrogens is 2. The van der Waals surface area contributed by atoms with E-state index in [1.807, 2.05) is 48.5 Å². The van der Waals surface area contributed by atoms with Crippen LogP contribution in [-0.4, -0.2) is 37.2 Å². The van der Waals surface area contributed by atoms with E-state index in [1.165, 1.54) is 21.3 Å². The number of amides is 1. The number of carbonyl (C=O) groups is 1. The van der Waals surface area contributed by atoms with Crippen molar-refractivity contribution in [3.05, 3.63) is 66.2 Å². The summed E-state index contributed by atoms with van der Waals surface area (Å²) in [6, 6.07) is 18.5. The summed E-state index contributed by atoms with van der Waals surface area (Å²) < 4.78 is 16.0. The number of nitrogens with one attached hydrogen (secondary N) is 2. The maximum Gasteiger partial charge on any atom is 0.255 e. The first-order valence-corrected chi connectivity index (χ1v) is 9.30. The van der Waals surface area contributed by atoms with Crippen LogP contribution >= 0.6 is 0 Å². The van der Waals surface area contributed by atoms with E-state index in [0.717, 1.165) is 16.6 Å². The van der Waals surface area contributed by atoms with Gasteiger partial charge in [0.25, 0.3) is 5.91 Å². The molecule has 30 heavy (non-hydrogen) atoms. The fourth-order valence-corrected chi connectivity index (χ4v) is 3.29. The number of nitrogens with zero attached hydrogens (tertiary/aromatic N) is 1. The van der Waals surface area contributed by atoms with Gasteiger partial charge < -0.3 is 24.5 Å². The van der Waals surface area contributed by atoms with Crippen LogP contribution in [0.1, 0.15) is 10.4 Å². The van der Waals surface area contributed by atoms with Crippen LogP contribution in [-0.2, 0) is 0 Å². The first-order chi connectivity index (χ1) is 14.6. The van der Waals surface area contributed by atoms with Crippen LogP contribution in [0.5, 0.6) is 17.2 Å². The number of H-pyrrole nitrogens is 1. The summed E-state index contributed by atoms with van der Waals surface area (Å²) in [5.74, 6) is 1.62. The molecule has 3 aromatic carbocycles. The van der Waals surface area contributed by atoms with Gasteiger partial charge in [0.1, 0.15) is 5.82 Å². The fraction of sp³-hybridized carbons (Fsp3) is 0.130. The first-order valence-electron chi connectivity index (χ1n) is 9.30. The second-order valence-electron chi connectivity index (χ2n) is 6.52. The van der Waals surface area contributed by atoms with E-state index in [-0.39, 0.29) is 5.91 Å². The maximum atomic E-state index is 13.0. The summed E-state index contributed by atoms with van der Waals surface area (Å²) in [4.78, 5) is 20.9. The third kappa shape index (κ3) is 3.53. The number of fused-ring (bicyclic) bond motifs is 1. The summed E-state index contributed by atoms with van der Waals surface area (Å²) >= 11 is 0. The zero-order chi connectivity index (χ0) is 21.1. The largest absolute Gasteiger partial charge is 0.493 e. The molecule has 0 fully saturated rings. The minimum absolute atomic E-state index is 0.308. The van der Waals surface area contributed by atoms with E-state index in [1.54, 1.807) is 12.1 Å². The normalized spacial score (nSPS) is 10.6. The summed E-state index contributed by atoms with van der Waals surface area (Å²) in [6.07, 6.45) is 0. The molecule has 0 aliphatic carbocycles. The Kier molecular flexibility index (Phi) is 5.26. The number of imidazole rings is 1. The summed E-state index contributed by atoms with van der Waals surface area (Å²) in [5.41, 5.74) is 3.59. The molecule has 0 saturated heterocycles. The van der Waals surface area contributed by atoms with Crippen LogP contribution in [0.4, 0.5) is 5.69 Å². The van der Waals surface area contributed by atoms with Gasteiger partial charge in [-0.3, -0.25) is 4.79 Å². The Labute approximate surface area is 173 Å². The Hall–Kier alpha value is -4.00. The van der Waals surface area contributed by atoms with E-state index < -0.39 is 0 Å². The molecule has 0 radical (unpaired) electrons. The maximum absolute atomic E-state index is 13.0. The lowest BCUT2D eigenvalue weighted by atomic mass is 10.1. The molecule has 0 spiro atoms. The Morgan fingerprint density at radius 1 is 0.900 bits per heavy atom. The third-order valence-corrected chi connectivity index (χ3v) is 4.75. The molecule has 1 aromatic heterocycles. The van der Waals surface area contributed by atoms with Crippen molar-refractivity contribution in [2.24, 2.45) is 0 Å². The monoisotopic (exact) mass is 403 g/mol. The molecule has 0 bridgehead atoms. The second-order valence-corrected chi connectivity index (χ2v) is 6.52. The summed E-state index contributed by atoms with van der Waals surface area (Å²) in [5, 5.41) is 2.96. The first kappa shape index (κ1) is 19.3. The van der Waals surface area contributed by atoms with E-state index in [2.05, 4.69) is 15.3 Å². The van der Waals surface area contributed by atoms with Gasteiger partial charge in [0.2, 0.25) is 5.75 Å². The van der Waals surface area contributed by atoms with Crippen molar-refractivity contribution in [1.29, 1.82) is 0 Å². The molecule has 0 aliphatic heterocycles. The van der Waals surface area contributed by atoms with E-state index >= 15 is 0 Å². The number of anilines is 1. The lowest BCUT2D eigenvalue weighted by Crippen LogP contribution is -2.13. The van der Waals surface area contributed by atoms with Crippen molar-refractivity contribution in [3.63, 3.8) is 0 Å². The molecule has 0 atom stereocenters. The zero-order valence-corrected chi connectivity index (χ0v) is 16.9. The molecule has 1 heterocycles. The van der Waals surface area contributed by atoms with Crippen LogP contribution < -0.4 is 19.5 Å². The number of carbonyl (C=O) groups excluding carboxylic acids is 1. The molecule has 4 aromatic rings. The van der Waals surface area contributed by atoms with Gasteiger partial charge in [-0.1, -0.05) is 24.3 Å². The van der Waals surface area contributed by atoms with E-state index in [0.29, 0.717) is 34.3 Å². The van der Waals surface area contributed by atoms with Crippen LogP contribution in [0.2, 0.25) is 0 Å². The molecule has 0 aliphatic rings. The summed E-state index contributed by atoms with van der Waals surface area (Å²) in [6.45, 7) is 0. The number of para-hydroxylation sites is 3. The Bertz CT molecular complexity index is 1160. The minimum atomic E-state index is -0.308. The standard InChI is InChI=1S/C23H21N3O4/c1-28-19-12-14(13-20(29-2)21(19)30-3)23(27)26-16-9-5-4-8-15(16)22-24-17-10-6-7-11-18(17)25-22/h4-13H,1-3H3,(H,24,25)(H,26,27). The predicted octanol–water partition coefficient (Wildman–Crippen LogP) is 4.51. The SMILES string of the molecule is COc1cc(C(=O)Nc2ccccc2-c2nc3ccccc3[nH]2)cc(OC)c1OC. The number of benzene rings is 3. The number of hydrogen-bond donors (Lipinski definition) is 2. The number of methoxy groups -OCH3 is 3. The molecule has 4 rings (SSSR count). The van der Waals surface area contributed by atoms with Crippen molar-refractivity contribution in [1.82, 2.24) is 9.97 Å². The van der Waals surface area contributed by atoms with Crippen LogP contribution in [0, 0.1) is 0 Å². The van der Waals surface area contributed by atoms with Crippen molar-refractivity contribution < 1.29 is 19.0 Å². The van der Waals surface area contributed by atoms with Gasteiger partial charge in [-0.25, -0.2) is 4.98 Å². The highest BCUT2D eigenvalue weighted by Crippen LogP contribution is 2.38. The third-order valence-electron chi connectivity index (χ3n) is 4.75. The van der Waals surface area contributed by atoms with E-state index in [4.69, 9.17) is 14.2 Å². The summed E-state index contributed by atoms with van der Waals surface area (Å²) in [7, 11) is 4.54. The zero-order valence-electron chi connectivity index (χ0n) is 16.9. The lowest BCUT2D eigenvalue weighted by Gasteiger charge is -2.15. The Morgan fingerprint density at radius 3 is 2.23 bits per heavy atom. The average molecular weight is 403 g/mol. The van der Waals surface area contributed by atoms with Gasteiger partial charge in [-0.15, -0.1) is 0 Å². The highest BCUT2D eigenvalue weighted by molar-refractivity contribution is 6.07. The average Bonchev–Trinajstić information content (AvgIpc) is 3.22. The van der Waals surface area contributed by atoms with Crippen LogP contribution in [0.25, 0.3) is 22.4 Å². The van der Waals surface area contributed by atoms with Gasteiger partial charge in [-0.2, -0.15) is 0 Å². The number of rotatable bonds is 6. The second kappa shape index (κ2) is 8.16. The van der Waals surface area contributed by atoms with Gasteiger partial charge in [0, 0.05) is 11.1 Å². The number of hydrogen-bond acceptors (Lipinski definition) is 5. The van der Waals surface area contributed by atoms with Crippen LogP contribution in [0.15, 0.2) is 60.7 Å². The van der Waals surface area contributed by atoms with Gasteiger partial charge in [0.15, 0.2) is 11.5 Å². The Morgan fingerprint density at radius 2 is 1.57 bits per heavy atom. The van der Waals surface area contributed by atoms with Gasteiger partial charge in [0.05, 0.1) is 38.1 Å². The highest BCUT2D eigenvalue weighted by Gasteiger charge is 2.18. The van der Waals surface area contributed by atoms with Gasteiger partial charge in [-0.05, 0) is 36.4 Å². The van der Waals surface area contributed by atoms with Crippen LogP contribution in [0.3, 0.4) is 0 Å². The topological polar surface area (TPSA) is 85.5 Å². The molecule has 0 saturated carbocycles. The lowest BCUT2D eigenvalue weighted by molar-refractivity contribution is 0.102. The molecule has 152 valence electrons. The number of aromatic amines is 1. The number of ether oxygens (including phenoxy) is 3. The quantitative estimate of drug-likeness (QED) is 0.495. The smallest absolute Gasteiger partial charge is 0.255 e. The highest BCUT2D eigenvalue weighted by atomic mass is 16.5. The van der Waals surface area contributed by atoms with Crippen molar-refractivity contribution in [3.8, 4) is 28.6 Å². The van der Waals surface area contributed by atoms with Crippen molar-refractivity contribution >= 4 is 22.6 Å². The molecule has 7 heteroatoms. The molecule has 7 nitrogen and oxygen atoms in total. The molecule has 2 N–H and O–H groups in total. The van der Waals surface area contributed by atoms with E-state index in [9.17, 15) is 4.79 Å². The predicted molar refractivity (Wildman–Crippen MR) is 116 cm³/mol. The van der Waals surface area contributed by atoms with Gasteiger partial charge >= 0.3 is 0 Å². The fourth-order valence-electron chi connectivity index (χ4n) is 3.29. The molecular formula is C23H21N3O4. The van der Waals surface area contributed by atoms with Crippen molar-refractivity contribution in [2.75, 3.05) is 26.6 Å². The molecule has 1 amide bonds. The Balaban J connectivity index is 1.69.